The molecular formula is C22H43NO3S. The van der Waals surface area contributed by atoms with Crippen LogP contribution in [0.25, 0.3) is 0 Å². The van der Waals surface area contributed by atoms with Crippen LogP contribution in [-0.4, -0.2) is 29.3 Å². The lowest BCUT2D eigenvalue weighted by atomic mass is 10.0. The summed E-state index contributed by atoms with van der Waals surface area (Å²) in [7, 11) is 0. The highest BCUT2D eigenvalue weighted by molar-refractivity contribution is 7.80. The summed E-state index contributed by atoms with van der Waals surface area (Å²) >= 11 is 4.14. The minimum Gasteiger partial charge on any atom is -0.481 e. The van der Waals surface area contributed by atoms with Crippen LogP contribution in [-0.2, 0) is 9.59 Å². The van der Waals surface area contributed by atoms with Gasteiger partial charge in [0.2, 0.25) is 5.91 Å². The minimum absolute atomic E-state index is 0.0112. The van der Waals surface area contributed by atoms with Crippen molar-refractivity contribution in [3.05, 3.63) is 0 Å². The van der Waals surface area contributed by atoms with E-state index in [9.17, 15) is 9.59 Å². The van der Waals surface area contributed by atoms with Crippen molar-refractivity contribution >= 4 is 24.5 Å². The number of hydrogen-bond donors (Lipinski definition) is 3. The molecule has 1 amide bonds. The van der Waals surface area contributed by atoms with Crippen LogP contribution in [0.5, 0.6) is 0 Å². The molecule has 27 heavy (non-hydrogen) atoms. The molecule has 0 radical (unpaired) electrons. The van der Waals surface area contributed by atoms with Crippen molar-refractivity contribution in [2.24, 2.45) is 5.92 Å². The number of carboxylic acid groups (broad SMARTS) is 1. The SMILES string of the molecule is CC(CS)C(=O)NCCCCCCCCCCCCCCCCCC(=O)O. The Morgan fingerprint density at radius 2 is 1.11 bits per heavy atom. The van der Waals surface area contributed by atoms with E-state index in [1.807, 2.05) is 6.92 Å². The second-order valence-corrected chi connectivity index (χ2v) is 8.19. The second kappa shape index (κ2) is 20.0. The Morgan fingerprint density at radius 3 is 1.48 bits per heavy atom. The highest BCUT2D eigenvalue weighted by Gasteiger charge is 2.08. The van der Waals surface area contributed by atoms with Gasteiger partial charge in [-0.1, -0.05) is 90.4 Å². The normalized spacial score (nSPS) is 12.1. The second-order valence-electron chi connectivity index (χ2n) is 7.82. The number of hydrogen-bond acceptors (Lipinski definition) is 3. The van der Waals surface area contributed by atoms with Gasteiger partial charge in [0, 0.05) is 24.6 Å². The van der Waals surface area contributed by atoms with Crippen molar-refractivity contribution in [2.75, 3.05) is 12.3 Å². The zero-order valence-electron chi connectivity index (χ0n) is 17.5. The van der Waals surface area contributed by atoms with E-state index in [0.29, 0.717) is 12.2 Å². The maximum Gasteiger partial charge on any atom is 0.303 e. The van der Waals surface area contributed by atoms with E-state index >= 15 is 0 Å². The lowest BCUT2D eigenvalue weighted by Crippen LogP contribution is -2.30. The average Bonchev–Trinajstić information content (AvgIpc) is 2.65. The summed E-state index contributed by atoms with van der Waals surface area (Å²) in [5.41, 5.74) is 0. The zero-order valence-corrected chi connectivity index (χ0v) is 18.4. The van der Waals surface area contributed by atoms with Crippen LogP contribution in [0.3, 0.4) is 0 Å². The quantitative estimate of drug-likeness (QED) is 0.173. The molecule has 2 N–H and O–H groups in total. The summed E-state index contributed by atoms with van der Waals surface area (Å²) in [6, 6.07) is 0. The van der Waals surface area contributed by atoms with Crippen LogP contribution < -0.4 is 5.32 Å². The van der Waals surface area contributed by atoms with Gasteiger partial charge in [-0.25, -0.2) is 0 Å². The summed E-state index contributed by atoms with van der Waals surface area (Å²) in [6.45, 7) is 2.71. The van der Waals surface area contributed by atoms with Gasteiger partial charge in [0.1, 0.15) is 0 Å². The van der Waals surface area contributed by atoms with Gasteiger partial charge in [0.05, 0.1) is 0 Å². The average molecular weight is 402 g/mol. The number of thiol groups is 1. The van der Waals surface area contributed by atoms with Crippen molar-refractivity contribution in [1.82, 2.24) is 5.32 Å². The van der Waals surface area contributed by atoms with E-state index in [1.165, 1.54) is 77.0 Å². The Balaban J connectivity index is 3.11. The van der Waals surface area contributed by atoms with E-state index < -0.39 is 5.97 Å². The Morgan fingerprint density at radius 1 is 0.741 bits per heavy atom. The van der Waals surface area contributed by atoms with Crippen molar-refractivity contribution < 1.29 is 14.7 Å². The van der Waals surface area contributed by atoms with Gasteiger partial charge in [-0.2, -0.15) is 12.6 Å². The van der Waals surface area contributed by atoms with E-state index in [-0.39, 0.29) is 11.8 Å². The number of nitrogens with one attached hydrogen (secondary N) is 1. The molecule has 0 heterocycles. The smallest absolute Gasteiger partial charge is 0.303 e. The predicted octanol–water partition coefficient (Wildman–Crippen LogP) is 5.99. The number of rotatable bonds is 20. The number of unbranched alkanes of at least 4 members (excludes halogenated alkanes) is 14. The highest BCUT2D eigenvalue weighted by atomic mass is 32.1. The topological polar surface area (TPSA) is 66.4 Å². The largest absolute Gasteiger partial charge is 0.481 e. The molecule has 0 aliphatic rings. The number of amides is 1. The molecule has 0 aromatic heterocycles. The summed E-state index contributed by atoms with van der Waals surface area (Å²) in [5, 5.41) is 11.5. The Hall–Kier alpha value is -0.710. The van der Waals surface area contributed by atoms with Gasteiger partial charge >= 0.3 is 5.97 Å². The fourth-order valence-electron chi connectivity index (χ4n) is 3.17. The zero-order chi connectivity index (χ0) is 20.2. The first-order valence-corrected chi connectivity index (χ1v) is 11.8. The standard InChI is InChI=1S/C22H43NO3S/c1-20(19-27)22(26)23-18-16-14-12-10-8-6-4-2-3-5-7-9-11-13-15-17-21(24)25/h20,27H,2-19H2,1H3,(H,23,26)(H,24,25). The van der Waals surface area contributed by atoms with E-state index in [1.54, 1.807) is 0 Å². The van der Waals surface area contributed by atoms with Gasteiger partial charge in [0.15, 0.2) is 0 Å². The molecule has 0 saturated heterocycles. The van der Waals surface area contributed by atoms with Crippen molar-refractivity contribution in [3.63, 3.8) is 0 Å². The van der Waals surface area contributed by atoms with Gasteiger partial charge < -0.3 is 10.4 Å². The summed E-state index contributed by atoms with van der Waals surface area (Å²) < 4.78 is 0. The number of carbonyl (C=O) groups is 2. The molecule has 0 fully saturated rings. The third kappa shape index (κ3) is 19.8. The molecule has 0 saturated carbocycles. The van der Waals surface area contributed by atoms with Crippen molar-refractivity contribution in [1.29, 1.82) is 0 Å². The lowest BCUT2D eigenvalue weighted by molar-refractivity contribution is -0.137. The minimum atomic E-state index is -0.668. The van der Waals surface area contributed by atoms with E-state index in [0.717, 1.165) is 25.8 Å². The first kappa shape index (κ1) is 26.3. The summed E-state index contributed by atoms with van der Waals surface area (Å²) in [5.74, 6) is 0.0823. The third-order valence-corrected chi connectivity index (χ3v) is 5.64. The fourth-order valence-corrected chi connectivity index (χ4v) is 3.33. The lowest BCUT2D eigenvalue weighted by Gasteiger charge is -2.09. The van der Waals surface area contributed by atoms with Crippen LogP contribution in [0.2, 0.25) is 0 Å². The molecule has 4 nitrogen and oxygen atoms in total. The molecule has 1 atom stereocenters. The predicted molar refractivity (Wildman–Crippen MR) is 118 cm³/mol. The fraction of sp³-hybridized carbons (Fsp3) is 0.909. The molecule has 0 aromatic rings. The maximum atomic E-state index is 11.6. The molecule has 5 heteroatoms. The molecule has 160 valence electrons. The Bertz CT molecular complexity index is 363. The van der Waals surface area contributed by atoms with Gasteiger partial charge in [-0.3, -0.25) is 9.59 Å². The Labute approximate surface area is 172 Å². The molecule has 0 spiro atoms. The molecule has 0 rings (SSSR count). The number of carbonyl (C=O) groups excluding carboxylic acids is 1. The monoisotopic (exact) mass is 401 g/mol. The number of aliphatic carboxylic acids is 1. The van der Waals surface area contributed by atoms with Crippen LogP contribution in [0.1, 0.15) is 110 Å². The third-order valence-electron chi connectivity index (χ3n) is 5.09. The molecule has 0 aliphatic carbocycles. The summed E-state index contributed by atoms with van der Waals surface area (Å²) in [4.78, 5) is 22.0. The van der Waals surface area contributed by atoms with E-state index in [4.69, 9.17) is 5.11 Å². The van der Waals surface area contributed by atoms with Gasteiger partial charge in [0.25, 0.3) is 0 Å². The van der Waals surface area contributed by atoms with Crippen molar-refractivity contribution in [3.8, 4) is 0 Å². The molecule has 0 bridgehead atoms. The van der Waals surface area contributed by atoms with Gasteiger partial charge in [-0.05, 0) is 12.8 Å². The van der Waals surface area contributed by atoms with Crippen molar-refractivity contribution in [2.45, 2.75) is 110 Å². The van der Waals surface area contributed by atoms with Crippen LogP contribution >= 0.6 is 12.6 Å². The van der Waals surface area contributed by atoms with Gasteiger partial charge in [-0.15, -0.1) is 0 Å². The molecule has 0 aromatic carbocycles. The van der Waals surface area contributed by atoms with E-state index in [2.05, 4.69) is 17.9 Å². The Kier molecular flexibility index (Phi) is 19.5. The van der Waals surface area contributed by atoms with Crippen LogP contribution in [0.15, 0.2) is 0 Å². The van der Waals surface area contributed by atoms with Crippen LogP contribution in [0, 0.1) is 5.92 Å². The highest BCUT2D eigenvalue weighted by Crippen LogP contribution is 2.13. The summed E-state index contributed by atoms with van der Waals surface area (Å²) in [6.07, 6.45) is 18.9. The maximum absolute atomic E-state index is 11.6. The first-order valence-electron chi connectivity index (χ1n) is 11.2. The molecule has 0 aliphatic heterocycles. The van der Waals surface area contributed by atoms with Crippen LogP contribution in [0.4, 0.5) is 0 Å². The number of carboxylic acids is 1. The molecular weight excluding hydrogens is 358 g/mol. The first-order chi connectivity index (χ1) is 13.1. The molecule has 1 unspecified atom stereocenters.